The topological polar surface area (TPSA) is 69.9 Å². The zero-order chi connectivity index (χ0) is 13.5. The van der Waals surface area contributed by atoms with Gasteiger partial charge in [-0.05, 0) is 29.5 Å². The smallest absolute Gasteiger partial charge is 0.378 e. The second-order valence-corrected chi connectivity index (χ2v) is 4.78. The number of tetrazole rings is 1. The summed E-state index contributed by atoms with van der Waals surface area (Å²) in [6.07, 6.45) is 0. The molecule has 7 heteroatoms. The third-order valence-electron chi connectivity index (χ3n) is 2.30. The van der Waals surface area contributed by atoms with Crippen molar-refractivity contribution in [2.24, 2.45) is 0 Å². The molecule has 0 amide bonds. The highest BCUT2D eigenvalue weighted by molar-refractivity contribution is 7.99. The van der Waals surface area contributed by atoms with E-state index in [1.165, 1.54) is 9.58 Å². The maximum atomic E-state index is 11.6. The molecule has 0 aliphatic carbocycles. The van der Waals surface area contributed by atoms with Crippen LogP contribution in [-0.2, 0) is 11.3 Å². The molecule has 0 radical (unpaired) electrons. The summed E-state index contributed by atoms with van der Waals surface area (Å²) in [7, 11) is 0. The lowest BCUT2D eigenvalue weighted by atomic mass is 10.4. The summed E-state index contributed by atoms with van der Waals surface area (Å²) >= 11 is 1.68. The molecular weight excluding hydrogens is 264 g/mol. The number of benzene rings is 1. The van der Waals surface area contributed by atoms with Gasteiger partial charge in [-0.15, -0.1) is 16.9 Å². The second kappa shape index (κ2) is 6.89. The van der Waals surface area contributed by atoms with Gasteiger partial charge >= 0.3 is 5.97 Å². The minimum absolute atomic E-state index is 0.149. The van der Waals surface area contributed by atoms with Crippen LogP contribution in [-0.4, -0.2) is 38.5 Å². The van der Waals surface area contributed by atoms with Gasteiger partial charge in [0.25, 0.3) is 5.82 Å². The van der Waals surface area contributed by atoms with Crippen molar-refractivity contribution >= 4 is 17.7 Å². The SMILES string of the molecule is CCOC(=O)c1nnnn1CCSc1ccccc1. The third-order valence-corrected chi connectivity index (χ3v) is 3.30. The Kier molecular flexibility index (Phi) is 4.91. The number of aryl methyl sites for hydroxylation is 1. The average Bonchev–Trinajstić information content (AvgIpc) is 2.89. The molecule has 2 aromatic rings. The molecule has 0 saturated heterocycles. The predicted octanol–water partition coefficient (Wildman–Crippen LogP) is 1.64. The van der Waals surface area contributed by atoms with E-state index in [9.17, 15) is 4.79 Å². The minimum atomic E-state index is -0.489. The molecule has 0 saturated carbocycles. The fraction of sp³-hybridized carbons (Fsp3) is 0.333. The molecule has 0 bridgehead atoms. The average molecular weight is 278 g/mol. The molecule has 1 heterocycles. The number of esters is 1. The fourth-order valence-corrected chi connectivity index (χ4v) is 2.31. The molecule has 0 aliphatic heterocycles. The molecule has 0 fully saturated rings. The van der Waals surface area contributed by atoms with E-state index in [2.05, 4.69) is 15.5 Å². The molecule has 0 unspecified atom stereocenters. The monoisotopic (exact) mass is 278 g/mol. The molecule has 1 aromatic carbocycles. The number of rotatable bonds is 6. The summed E-state index contributed by atoms with van der Waals surface area (Å²) in [5, 5.41) is 11.0. The van der Waals surface area contributed by atoms with E-state index in [1.807, 2.05) is 30.3 Å². The second-order valence-electron chi connectivity index (χ2n) is 3.61. The number of aromatic nitrogens is 4. The lowest BCUT2D eigenvalue weighted by Crippen LogP contribution is -2.15. The first-order valence-corrected chi connectivity index (χ1v) is 6.91. The fourth-order valence-electron chi connectivity index (χ4n) is 1.46. The first-order valence-electron chi connectivity index (χ1n) is 5.92. The summed E-state index contributed by atoms with van der Waals surface area (Å²) in [5.74, 6) is 0.439. The van der Waals surface area contributed by atoms with Gasteiger partial charge in [0, 0.05) is 10.6 Å². The molecule has 0 N–H and O–H groups in total. The van der Waals surface area contributed by atoms with Crippen LogP contribution in [0.4, 0.5) is 0 Å². The highest BCUT2D eigenvalue weighted by Gasteiger charge is 2.16. The van der Waals surface area contributed by atoms with Crippen molar-refractivity contribution in [3.63, 3.8) is 0 Å². The Labute approximate surface area is 115 Å². The van der Waals surface area contributed by atoms with Gasteiger partial charge in [0.2, 0.25) is 0 Å². The molecule has 2 rings (SSSR count). The molecule has 100 valence electrons. The van der Waals surface area contributed by atoms with Crippen LogP contribution in [0.15, 0.2) is 35.2 Å². The van der Waals surface area contributed by atoms with Gasteiger partial charge in [0.1, 0.15) is 0 Å². The zero-order valence-corrected chi connectivity index (χ0v) is 11.3. The van der Waals surface area contributed by atoms with E-state index < -0.39 is 5.97 Å². The van der Waals surface area contributed by atoms with E-state index in [1.54, 1.807) is 18.7 Å². The van der Waals surface area contributed by atoms with Gasteiger partial charge in [-0.25, -0.2) is 9.48 Å². The highest BCUT2D eigenvalue weighted by atomic mass is 32.2. The quantitative estimate of drug-likeness (QED) is 0.591. The van der Waals surface area contributed by atoms with Gasteiger partial charge in [-0.1, -0.05) is 18.2 Å². The number of nitrogens with zero attached hydrogens (tertiary/aromatic N) is 4. The van der Waals surface area contributed by atoms with E-state index in [-0.39, 0.29) is 5.82 Å². The Morgan fingerprint density at radius 1 is 1.37 bits per heavy atom. The number of thioether (sulfide) groups is 1. The van der Waals surface area contributed by atoms with Gasteiger partial charge in [0.05, 0.1) is 13.2 Å². The van der Waals surface area contributed by atoms with Gasteiger partial charge < -0.3 is 4.74 Å². The standard InChI is InChI=1S/C12H14N4O2S/c1-2-18-12(17)11-13-14-15-16(11)8-9-19-10-6-4-3-5-7-10/h3-7H,2,8-9H2,1H3. The van der Waals surface area contributed by atoms with Crippen molar-refractivity contribution in [1.82, 2.24) is 20.2 Å². The number of carbonyl (C=O) groups is 1. The van der Waals surface area contributed by atoms with E-state index in [0.29, 0.717) is 13.2 Å². The molecule has 0 atom stereocenters. The maximum absolute atomic E-state index is 11.6. The Hall–Kier alpha value is -1.89. The lowest BCUT2D eigenvalue weighted by Gasteiger charge is -2.04. The molecule has 6 nitrogen and oxygen atoms in total. The van der Waals surface area contributed by atoms with E-state index >= 15 is 0 Å². The Morgan fingerprint density at radius 3 is 2.89 bits per heavy atom. The van der Waals surface area contributed by atoms with Crippen LogP contribution in [0.5, 0.6) is 0 Å². The highest BCUT2D eigenvalue weighted by Crippen LogP contribution is 2.17. The van der Waals surface area contributed by atoms with Crippen molar-refractivity contribution in [3.05, 3.63) is 36.2 Å². The van der Waals surface area contributed by atoms with Crippen LogP contribution in [0.2, 0.25) is 0 Å². The normalized spacial score (nSPS) is 10.4. The summed E-state index contributed by atoms with van der Waals surface area (Å²) in [5.41, 5.74) is 0. The van der Waals surface area contributed by atoms with Crippen molar-refractivity contribution in [3.8, 4) is 0 Å². The number of carbonyl (C=O) groups excluding carboxylic acids is 1. The first kappa shape index (κ1) is 13.5. The molecular formula is C12H14N4O2S. The zero-order valence-electron chi connectivity index (χ0n) is 10.5. The number of ether oxygens (including phenoxy) is 1. The Morgan fingerprint density at radius 2 is 2.16 bits per heavy atom. The lowest BCUT2D eigenvalue weighted by molar-refractivity contribution is 0.0504. The first-order chi connectivity index (χ1) is 9.31. The van der Waals surface area contributed by atoms with Crippen LogP contribution in [0.3, 0.4) is 0 Å². The molecule has 1 aromatic heterocycles. The van der Waals surface area contributed by atoms with Gasteiger partial charge in [-0.3, -0.25) is 0 Å². The largest absolute Gasteiger partial charge is 0.460 e. The molecule has 19 heavy (non-hydrogen) atoms. The maximum Gasteiger partial charge on any atom is 0.378 e. The molecule has 0 spiro atoms. The number of hydrogen-bond donors (Lipinski definition) is 0. The van der Waals surface area contributed by atoms with E-state index in [4.69, 9.17) is 4.74 Å². The van der Waals surface area contributed by atoms with Gasteiger partial charge in [-0.2, -0.15) is 0 Å². The number of hydrogen-bond acceptors (Lipinski definition) is 6. The Bertz CT molecular complexity index is 530. The van der Waals surface area contributed by atoms with Crippen LogP contribution in [0.1, 0.15) is 17.5 Å². The van der Waals surface area contributed by atoms with Crippen LogP contribution < -0.4 is 0 Å². The van der Waals surface area contributed by atoms with Crippen LogP contribution in [0, 0.1) is 0 Å². The predicted molar refractivity (Wildman–Crippen MR) is 70.9 cm³/mol. The minimum Gasteiger partial charge on any atom is -0.460 e. The Balaban J connectivity index is 1.90. The van der Waals surface area contributed by atoms with Crippen molar-refractivity contribution in [2.75, 3.05) is 12.4 Å². The van der Waals surface area contributed by atoms with Crippen molar-refractivity contribution in [1.29, 1.82) is 0 Å². The summed E-state index contributed by atoms with van der Waals surface area (Å²) in [4.78, 5) is 12.7. The summed E-state index contributed by atoms with van der Waals surface area (Å²) < 4.78 is 6.35. The van der Waals surface area contributed by atoms with Gasteiger partial charge in [0.15, 0.2) is 0 Å². The summed E-state index contributed by atoms with van der Waals surface area (Å²) in [6, 6.07) is 10.0. The molecule has 0 aliphatic rings. The summed E-state index contributed by atoms with van der Waals surface area (Å²) in [6.45, 7) is 2.61. The van der Waals surface area contributed by atoms with E-state index in [0.717, 1.165) is 5.75 Å². The van der Waals surface area contributed by atoms with Crippen LogP contribution in [0.25, 0.3) is 0 Å². The van der Waals surface area contributed by atoms with Crippen molar-refractivity contribution < 1.29 is 9.53 Å². The third kappa shape index (κ3) is 3.78. The van der Waals surface area contributed by atoms with Crippen LogP contribution >= 0.6 is 11.8 Å². The van der Waals surface area contributed by atoms with Crippen molar-refractivity contribution in [2.45, 2.75) is 18.4 Å².